The Balaban J connectivity index is 1.66. The zero-order chi connectivity index (χ0) is 15.2. The summed E-state index contributed by atoms with van der Waals surface area (Å²) in [7, 11) is 0. The first-order valence-corrected chi connectivity index (χ1v) is 7.82. The maximum atomic E-state index is 12.0. The molecule has 2 N–H and O–H groups in total. The number of carboxylic acid groups (broad SMARTS) is 1. The van der Waals surface area contributed by atoms with Crippen LogP contribution in [0.2, 0.25) is 0 Å². The Morgan fingerprint density at radius 2 is 2.14 bits per heavy atom. The highest BCUT2D eigenvalue weighted by molar-refractivity contribution is 5.80. The molecule has 1 aliphatic carbocycles. The highest BCUT2D eigenvalue weighted by Crippen LogP contribution is 2.25. The number of nitrogens with one attached hydrogen (secondary N) is 1. The third-order valence-corrected chi connectivity index (χ3v) is 4.30. The summed E-state index contributed by atoms with van der Waals surface area (Å²) in [6.07, 6.45) is 4.66. The Morgan fingerprint density at radius 1 is 1.33 bits per heavy atom. The first-order chi connectivity index (χ1) is 10.1. The molecule has 1 amide bonds. The Kier molecular flexibility index (Phi) is 5.99. The summed E-state index contributed by atoms with van der Waals surface area (Å²) in [5, 5.41) is 11.8. The zero-order valence-corrected chi connectivity index (χ0v) is 12.5. The normalized spacial score (nSPS) is 30.8. The van der Waals surface area contributed by atoms with Crippen LogP contribution < -0.4 is 5.32 Å². The fraction of sp³-hybridized carbons (Fsp3) is 0.867. The standard InChI is InChI=1S/C15H25NO5/c1-10(21-9-13-4-2-3-7-20-13)14(17)16-12-6-5-11(8-12)15(18)19/h10-13H,2-9H2,1H3,(H,16,17)(H,18,19)/t10?,11-,12+,13?/m1/s1. The van der Waals surface area contributed by atoms with E-state index in [0.717, 1.165) is 32.3 Å². The summed E-state index contributed by atoms with van der Waals surface area (Å²) >= 11 is 0. The van der Waals surface area contributed by atoms with Crippen LogP contribution in [0.15, 0.2) is 0 Å². The molecule has 0 bridgehead atoms. The average Bonchev–Trinajstić information content (AvgIpc) is 2.94. The van der Waals surface area contributed by atoms with Gasteiger partial charge in [-0.15, -0.1) is 0 Å². The number of ether oxygens (including phenoxy) is 2. The molecule has 1 saturated heterocycles. The molecule has 21 heavy (non-hydrogen) atoms. The van der Waals surface area contributed by atoms with Crippen molar-refractivity contribution in [2.75, 3.05) is 13.2 Å². The lowest BCUT2D eigenvalue weighted by Crippen LogP contribution is -2.41. The van der Waals surface area contributed by atoms with Crippen LogP contribution in [-0.4, -0.2) is 48.4 Å². The quantitative estimate of drug-likeness (QED) is 0.773. The van der Waals surface area contributed by atoms with E-state index in [0.29, 0.717) is 19.4 Å². The smallest absolute Gasteiger partial charge is 0.306 e. The number of hydrogen-bond acceptors (Lipinski definition) is 4. The lowest BCUT2D eigenvalue weighted by molar-refractivity contribution is -0.142. The number of carbonyl (C=O) groups is 2. The molecule has 0 aromatic heterocycles. The summed E-state index contributed by atoms with van der Waals surface area (Å²) < 4.78 is 11.1. The minimum atomic E-state index is -0.773. The van der Waals surface area contributed by atoms with E-state index >= 15 is 0 Å². The highest BCUT2D eigenvalue weighted by atomic mass is 16.5. The van der Waals surface area contributed by atoms with Gasteiger partial charge in [0.25, 0.3) is 0 Å². The second-order valence-corrected chi connectivity index (χ2v) is 6.02. The molecule has 2 rings (SSSR count). The summed E-state index contributed by atoms with van der Waals surface area (Å²) in [5.74, 6) is -1.27. The minimum Gasteiger partial charge on any atom is -0.481 e. The van der Waals surface area contributed by atoms with Gasteiger partial charge in [0.05, 0.1) is 18.6 Å². The van der Waals surface area contributed by atoms with Gasteiger partial charge in [0.2, 0.25) is 5.91 Å². The maximum absolute atomic E-state index is 12.0. The number of hydrogen-bond donors (Lipinski definition) is 2. The highest BCUT2D eigenvalue weighted by Gasteiger charge is 2.31. The summed E-state index contributed by atoms with van der Waals surface area (Å²) in [4.78, 5) is 22.9. The fourth-order valence-corrected chi connectivity index (χ4v) is 2.92. The molecule has 0 spiro atoms. The second kappa shape index (κ2) is 7.75. The molecule has 0 radical (unpaired) electrons. The van der Waals surface area contributed by atoms with Crippen molar-refractivity contribution in [2.24, 2.45) is 5.92 Å². The van der Waals surface area contributed by atoms with Gasteiger partial charge in [-0.25, -0.2) is 0 Å². The number of rotatable bonds is 6. The van der Waals surface area contributed by atoms with E-state index in [1.165, 1.54) is 0 Å². The molecule has 2 unspecified atom stereocenters. The molecule has 1 saturated carbocycles. The van der Waals surface area contributed by atoms with Gasteiger partial charge in [0.15, 0.2) is 0 Å². The van der Waals surface area contributed by atoms with Crippen LogP contribution in [0, 0.1) is 5.92 Å². The van der Waals surface area contributed by atoms with E-state index in [9.17, 15) is 9.59 Å². The van der Waals surface area contributed by atoms with Crippen molar-refractivity contribution < 1.29 is 24.2 Å². The minimum absolute atomic E-state index is 0.0458. The van der Waals surface area contributed by atoms with Crippen molar-refractivity contribution in [3.05, 3.63) is 0 Å². The largest absolute Gasteiger partial charge is 0.481 e. The molecule has 2 fully saturated rings. The molecular formula is C15H25NO5. The lowest BCUT2D eigenvalue weighted by Gasteiger charge is -2.24. The SMILES string of the molecule is CC(OCC1CCCCO1)C(=O)N[C@H]1CC[C@@H](C(=O)O)C1. The third kappa shape index (κ3) is 4.97. The molecule has 6 nitrogen and oxygen atoms in total. The van der Waals surface area contributed by atoms with Crippen molar-refractivity contribution in [1.29, 1.82) is 0 Å². The van der Waals surface area contributed by atoms with Crippen LogP contribution in [-0.2, 0) is 19.1 Å². The van der Waals surface area contributed by atoms with Crippen LogP contribution in [0.3, 0.4) is 0 Å². The van der Waals surface area contributed by atoms with Gasteiger partial charge in [0.1, 0.15) is 6.10 Å². The van der Waals surface area contributed by atoms with Crippen molar-refractivity contribution in [2.45, 2.75) is 63.7 Å². The molecule has 0 aromatic rings. The van der Waals surface area contributed by atoms with Gasteiger partial charge in [0, 0.05) is 12.6 Å². The number of aliphatic carboxylic acids is 1. The Hall–Kier alpha value is -1.14. The predicted molar refractivity (Wildman–Crippen MR) is 75.9 cm³/mol. The Bertz CT molecular complexity index is 367. The topological polar surface area (TPSA) is 84.9 Å². The van der Waals surface area contributed by atoms with Gasteiger partial charge < -0.3 is 19.9 Å². The first kappa shape index (κ1) is 16.2. The van der Waals surface area contributed by atoms with Crippen LogP contribution in [0.5, 0.6) is 0 Å². The van der Waals surface area contributed by atoms with Crippen LogP contribution in [0.4, 0.5) is 0 Å². The van der Waals surface area contributed by atoms with E-state index < -0.39 is 12.1 Å². The van der Waals surface area contributed by atoms with Crippen molar-refractivity contribution in [3.8, 4) is 0 Å². The molecular weight excluding hydrogens is 274 g/mol. The average molecular weight is 299 g/mol. The number of carbonyl (C=O) groups excluding carboxylic acids is 1. The molecule has 4 atom stereocenters. The Labute approximate surface area is 125 Å². The van der Waals surface area contributed by atoms with E-state index in [1.807, 2.05) is 0 Å². The number of amides is 1. The van der Waals surface area contributed by atoms with Crippen LogP contribution >= 0.6 is 0 Å². The van der Waals surface area contributed by atoms with E-state index in [-0.39, 0.29) is 24.0 Å². The summed E-state index contributed by atoms with van der Waals surface area (Å²) in [6, 6.07) is -0.0458. The molecule has 1 heterocycles. The molecule has 6 heteroatoms. The molecule has 2 aliphatic rings. The molecule has 1 aliphatic heterocycles. The van der Waals surface area contributed by atoms with Crippen molar-refractivity contribution >= 4 is 11.9 Å². The monoisotopic (exact) mass is 299 g/mol. The third-order valence-electron chi connectivity index (χ3n) is 4.30. The van der Waals surface area contributed by atoms with Gasteiger partial charge >= 0.3 is 5.97 Å². The number of carboxylic acids is 1. The lowest BCUT2D eigenvalue weighted by atomic mass is 10.1. The van der Waals surface area contributed by atoms with E-state index in [4.69, 9.17) is 14.6 Å². The van der Waals surface area contributed by atoms with Gasteiger partial charge in [-0.05, 0) is 45.4 Å². The molecule has 0 aromatic carbocycles. The first-order valence-electron chi connectivity index (χ1n) is 7.82. The van der Waals surface area contributed by atoms with E-state index in [1.54, 1.807) is 6.92 Å². The van der Waals surface area contributed by atoms with Gasteiger partial charge in [-0.3, -0.25) is 9.59 Å². The second-order valence-electron chi connectivity index (χ2n) is 6.02. The van der Waals surface area contributed by atoms with E-state index in [2.05, 4.69) is 5.32 Å². The summed E-state index contributed by atoms with van der Waals surface area (Å²) in [5.41, 5.74) is 0. The van der Waals surface area contributed by atoms with Crippen molar-refractivity contribution in [3.63, 3.8) is 0 Å². The maximum Gasteiger partial charge on any atom is 0.306 e. The van der Waals surface area contributed by atoms with Crippen molar-refractivity contribution in [1.82, 2.24) is 5.32 Å². The van der Waals surface area contributed by atoms with Crippen LogP contribution in [0.1, 0.15) is 45.4 Å². The summed E-state index contributed by atoms with van der Waals surface area (Å²) in [6.45, 7) is 2.94. The molecule has 120 valence electrons. The van der Waals surface area contributed by atoms with Crippen LogP contribution in [0.25, 0.3) is 0 Å². The predicted octanol–water partition coefficient (Wildman–Crippen LogP) is 1.33. The zero-order valence-electron chi connectivity index (χ0n) is 12.5. The van der Waals surface area contributed by atoms with Gasteiger partial charge in [-0.2, -0.15) is 0 Å². The Morgan fingerprint density at radius 3 is 2.76 bits per heavy atom. The van der Waals surface area contributed by atoms with Gasteiger partial charge in [-0.1, -0.05) is 0 Å². The fourth-order valence-electron chi connectivity index (χ4n) is 2.92.